The Kier molecular flexibility index (Phi) is 4.85. The summed E-state index contributed by atoms with van der Waals surface area (Å²) in [7, 11) is 1.35. The smallest absolute Gasteiger partial charge is 0.322 e. The Hall–Kier alpha value is -1.88. The van der Waals surface area contributed by atoms with Gasteiger partial charge in [-0.3, -0.25) is 9.59 Å². The highest BCUT2D eigenvalue weighted by Gasteiger charge is 2.12. The van der Waals surface area contributed by atoms with E-state index in [0.717, 1.165) is 11.1 Å². The minimum atomic E-state index is -0.444. The molecule has 0 fully saturated rings. The van der Waals surface area contributed by atoms with Crippen LogP contribution in [0.2, 0.25) is 0 Å². The monoisotopic (exact) mass is 250 g/mol. The zero-order chi connectivity index (χ0) is 13.7. The summed E-state index contributed by atoms with van der Waals surface area (Å²) in [6.07, 6.45) is 0. The minimum absolute atomic E-state index is 0.304. The molecule has 0 saturated heterocycles. The van der Waals surface area contributed by atoms with Gasteiger partial charge in [-0.25, -0.2) is 0 Å². The summed E-state index contributed by atoms with van der Waals surface area (Å²) < 4.78 is 4.62. The number of primary amides is 1. The maximum absolute atomic E-state index is 11.2. The number of carbonyl (C=O) groups excluding carboxylic acids is 2. The normalized spacial score (nSPS) is 11.9. The van der Waals surface area contributed by atoms with Gasteiger partial charge in [0.15, 0.2) is 0 Å². The van der Waals surface area contributed by atoms with E-state index in [0.29, 0.717) is 12.1 Å². The van der Waals surface area contributed by atoms with E-state index >= 15 is 0 Å². The molecule has 0 saturated carbocycles. The fourth-order valence-corrected chi connectivity index (χ4v) is 1.57. The van der Waals surface area contributed by atoms with Gasteiger partial charge in [0.25, 0.3) is 0 Å². The van der Waals surface area contributed by atoms with E-state index in [4.69, 9.17) is 5.73 Å². The largest absolute Gasteiger partial charge is 0.468 e. The number of methoxy groups -OCH3 is 1. The molecule has 0 aromatic heterocycles. The van der Waals surface area contributed by atoms with Crippen LogP contribution in [0.5, 0.6) is 0 Å². The molecule has 0 aliphatic heterocycles. The highest BCUT2D eigenvalue weighted by molar-refractivity contribution is 5.93. The first kappa shape index (κ1) is 14.2. The second kappa shape index (κ2) is 6.16. The SMILES string of the molecule is COC(=O)C(C)NCc1ccc(C(N)=O)cc1C. The van der Waals surface area contributed by atoms with Crippen molar-refractivity contribution in [2.24, 2.45) is 5.73 Å². The van der Waals surface area contributed by atoms with Crippen molar-refractivity contribution in [3.8, 4) is 0 Å². The van der Waals surface area contributed by atoms with Crippen LogP contribution in [0.1, 0.15) is 28.4 Å². The predicted octanol–water partition coefficient (Wildman–Crippen LogP) is 0.745. The maximum atomic E-state index is 11.2. The van der Waals surface area contributed by atoms with Gasteiger partial charge in [0, 0.05) is 12.1 Å². The zero-order valence-corrected chi connectivity index (χ0v) is 10.8. The lowest BCUT2D eigenvalue weighted by atomic mass is 10.0. The lowest BCUT2D eigenvalue weighted by molar-refractivity contribution is -0.142. The number of aryl methyl sites for hydroxylation is 1. The second-order valence-electron chi connectivity index (χ2n) is 4.13. The summed E-state index contributed by atoms with van der Waals surface area (Å²) in [4.78, 5) is 22.2. The third-order valence-electron chi connectivity index (χ3n) is 2.78. The van der Waals surface area contributed by atoms with Gasteiger partial charge in [0.2, 0.25) is 5.91 Å². The van der Waals surface area contributed by atoms with Crippen molar-refractivity contribution in [1.82, 2.24) is 5.32 Å². The Bertz CT molecular complexity index is 458. The number of hydrogen-bond acceptors (Lipinski definition) is 4. The maximum Gasteiger partial charge on any atom is 0.322 e. The third-order valence-corrected chi connectivity index (χ3v) is 2.78. The lowest BCUT2D eigenvalue weighted by Crippen LogP contribution is -2.34. The van der Waals surface area contributed by atoms with Crippen LogP contribution in [-0.2, 0) is 16.1 Å². The van der Waals surface area contributed by atoms with Crippen LogP contribution in [0.4, 0.5) is 0 Å². The van der Waals surface area contributed by atoms with E-state index in [-0.39, 0.29) is 12.0 Å². The number of esters is 1. The highest BCUT2D eigenvalue weighted by Crippen LogP contribution is 2.11. The number of nitrogens with two attached hydrogens (primary N) is 1. The number of amides is 1. The van der Waals surface area contributed by atoms with Crippen LogP contribution in [0.3, 0.4) is 0 Å². The summed E-state index contributed by atoms with van der Waals surface area (Å²) in [6.45, 7) is 4.16. The van der Waals surface area contributed by atoms with Crippen molar-refractivity contribution in [3.63, 3.8) is 0 Å². The van der Waals surface area contributed by atoms with Crippen molar-refractivity contribution in [2.75, 3.05) is 7.11 Å². The first-order valence-corrected chi connectivity index (χ1v) is 5.66. The lowest BCUT2D eigenvalue weighted by Gasteiger charge is -2.13. The number of benzene rings is 1. The van der Waals surface area contributed by atoms with E-state index in [9.17, 15) is 9.59 Å². The number of carbonyl (C=O) groups is 2. The Balaban J connectivity index is 2.69. The summed E-state index contributed by atoms with van der Waals surface area (Å²) >= 11 is 0. The molecule has 1 aromatic carbocycles. The average Bonchev–Trinajstić information content (AvgIpc) is 2.35. The van der Waals surface area contributed by atoms with Crippen molar-refractivity contribution in [1.29, 1.82) is 0 Å². The molecule has 0 aliphatic carbocycles. The molecule has 98 valence electrons. The van der Waals surface area contributed by atoms with Gasteiger partial charge in [0.1, 0.15) is 6.04 Å². The van der Waals surface area contributed by atoms with Gasteiger partial charge in [-0.2, -0.15) is 0 Å². The average molecular weight is 250 g/mol. The summed E-state index contributed by atoms with van der Waals surface area (Å²) in [5.74, 6) is -0.748. The van der Waals surface area contributed by atoms with Crippen molar-refractivity contribution in [2.45, 2.75) is 26.4 Å². The van der Waals surface area contributed by atoms with E-state index in [1.54, 1.807) is 19.1 Å². The number of ether oxygens (including phenoxy) is 1. The Morgan fingerprint density at radius 1 is 1.44 bits per heavy atom. The van der Waals surface area contributed by atoms with Gasteiger partial charge in [-0.15, -0.1) is 0 Å². The van der Waals surface area contributed by atoms with Gasteiger partial charge in [-0.05, 0) is 37.1 Å². The third kappa shape index (κ3) is 3.56. The second-order valence-corrected chi connectivity index (χ2v) is 4.13. The summed E-state index contributed by atoms with van der Waals surface area (Å²) in [5, 5.41) is 3.05. The van der Waals surface area contributed by atoms with Crippen LogP contribution in [0, 0.1) is 6.92 Å². The predicted molar refractivity (Wildman–Crippen MR) is 68.0 cm³/mol. The van der Waals surface area contributed by atoms with Crippen LogP contribution < -0.4 is 11.1 Å². The van der Waals surface area contributed by atoms with Crippen molar-refractivity contribution >= 4 is 11.9 Å². The highest BCUT2D eigenvalue weighted by atomic mass is 16.5. The molecular formula is C13H18N2O3. The fourth-order valence-electron chi connectivity index (χ4n) is 1.57. The molecule has 0 aliphatic rings. The van der Waals surface area contributed by atoms with E-state index in [1.165, 1.54) is 7.11 Å². The van der Waals surface area contributed by atoms with E-state index in [1.807, 2.05) is 13.0 Å². The molecule has 0 spiro atoms. The summed E-state index contributed by atoms with van der Waals surface area (Å²) in [5.41, 5.74) is 7.64. The molecule has 1 atom stereocenters. The van der Waals surface area contributed by atoms with Gasteiger partial charge >= 0.3 is 5.97 Å². The molecular weight excluding hydrogens is 232 g/mol. The molecule has 1 aromatic rings. The zero-order valence-electron chi connectivity index (χ0n) is 10.8. The minimum Gasteiger partial charge on any atom is -0.468 e. The first-order valence-electron chi connectivity index (χ1n) is 5.66. The molecule has 1 rings (SSSR count). The Morgan fingerprint density at radius 2 is 2.11 bits per heavy atom. The van der Waals surface area contributed by atoms with Crippen LogP contribution in [0.15, 0.2) is 18.2 Å². The number of hydrogen-bond donors (Lipinski definition) is 2. The van der Waals surface area contributed by atoms with Gasteiger partial charge in [-0.1, -0.05) is 6.07 Å². The standard InChI is InChI=1S/C13H18N2O3/c1-8-6-10(12(14)16)4-5-11(8)7-15-9(2)13(17)18-3/h4-6,9,15H,7H2,1-3H3,(H2,14,16). The fraction of sp³-hybridized carbons (Fsp3) is 0.385. The van der Waals surface area contributed by atoms with E-state index < -0.39 is 5.91 Å². The molecule has 18 heavy (non-hydrogen) atoms. The van der Waals surface area contributed by atoms with Crippen LogP contribution >= 0.6 is 0 Å². The molecule has 1 amide bonds. The van der Waals surface area contributed by atoms with Crippen LogP contribution in [0.25, 0.3) is 0 Å². The quantitative estimate of drug-likeness (QED) is 0.755. The van der Waals surface area contributed by atoms with Gasteiger partial charge < -0.3 is 15.8 Å². The topological polar surface area (TPSA) is 81.4 Å². The molecule has 3 N–H and O–H groups in total. The van der Waals surface area contributed by atoms with Gasteiger partial charge in [0.05, 0.1) is 7.11 Å². The number of nitrogens with one attached hydrogen (secondary N) is 1. The first-order chi connectivity index (χ1) is 8.45. The Labute approximate surface area is 106 Å². The summed E-state index contributed by atoms with van der Waals surface area (Å²) in [6, 6.07) is 4.87. The number of rotatable bonds is 5. The molecule has 1 unspecified atom stereocenters. The van der Waals surface area contributed by atoms with Crippen LogP contribution in [-0.4, -0.2) is 25.0 Å². The molecule has 0 heterocycles. The molecule has 5 heteroatoms. The van der Waals surface area contributed by atoms with Crippen molar-refractivity contribution < 1.29 is 14.3 Å². The van der Waals surface area contributed by atoms with Crippen molar-refractivity contribution in [3.05, 3.63) is 34.9 Å². The van der Waals surface area contributed by atoms with E-state index in [2.05, 4.69) is 10.1 Å². The molecule has 0 bridgehead atoms. The Morgan fingerprint density at radius 3 is 2.61 bits per heavy atom. The molecule has 0 radical (unpaired) electrons. The molecule has 5 nitrogen and oxygen atoms in total.